The van der Waals surface area contributed by atoms with Crippen molar-refractivity contribution < 1.29 is 4.74 Å². The lowest BCUT2D eigenvalue weighted by Crippen LogP contribution is -2.16. The van der Waals surface area contributed by atoms with E-state index in [1.165, 1.54) is 5.56 Å². The number of hydrogen-bond donors (Lipinski definition) is 1. The van der Waals surface area contributed by atoms with Crippen LogP contribution in [0, 0.1) is 0 Å². The Labute approximate surface area is 77.9 Å². The predicted molar refractivity (Wildman–Crippen MR) is 50.0 cm³/mol. The molecule has 0 saturated heterocycles. The van der Waals surface area contributed by atoms with Crippen molar-refractivity contribution in [3.05, 3.63) is 11.8 Å². The highest BCUT2D eigenvalue weighted by Crippen LogP contribution is 2.22. The molecule has 0 amide bonds. The molecule has 1 N–H and O–H groups in total. The molecule has 4 heteroatoms. The highest BCUT2D eigenvalue weighted by Gasteiger charge is 2.14. The monoisotopic (exact) mass is 181 g/mol. The zero-order chi connectivity index (χ0) is 9.10. The maximum absolute atomic E-state index is 5.56. The molecule has 0 saturated carbocycles. The lowest BCUT2D eigenvalue weighted by Gasteiger charge is -2.15. The van der Waals surface area contributed by atoms with Gasteiger partial charge in [-0.3, -0.25) is 0 Å². The van der Waals surface area contributed by atoms with Crippen LogP contribution in [0.1, 0.15) is 12.0 Å². The first-order chi connectivity index (χ1) is 6.42. The number of hydrogen-bond acceptors (Lipinski definition) is 3. The van der Waals surface area contributed by atoms with E-state index in [9.17, 15) is 0 Å². The molecular formula is C9H15N3O. The third-order valence-electron chi connectivity index (χ3n) is 2.26. The molecule has 72 valence electrons. The Bertz CT molecular complexity index is 282. The lowest BCUT2D eigenvalue weighted by atomic mass is 10.2. The maximum atomic E-state index is 5.56. The Morgan fingerprint density at radius 3 is 3.46 bits per heavy atom. The average molecular weight is 181 g/mol. The fourth-order valence-electron chi connectivity index (χ4n) is 1.55. The topological polar surface area (TPSA) is 39.1 Å². The zero-order valence-electron chi connectivity index (χ0n) is 7.92. The molecule has 0 aliphatic carbocycles. The van der Waals surface area contributed by atoms with Crippen LogP contribution in [-0.4, -0.2) is 30.0 Å². The van der Waals surface area contributed by atoms with Crippen molar-refractivity contribution in [2.45, 2.75) is 19.4 Å². The van der Waals surface area contributed by atoms with Crippen LogP contribution in [0.4, 0.5) is 0 Å². The molecule has 0 unspecified atom stereocenters. The lowest BCUT2D eigenvalue weighted by molar-refractivity contribution is 0.228. The quantitative estimate of drug-likeness (QED) is 0.735. The van der Waals surface area contributed by atoms with E-state index < -0.39 is 0 Å². The van der Waals surface area contributed by atoms with Crippen molar-refractivity contribution in [1.82, 2.24) is 15.1 Å². The number of aromatic nitrogens is 2. The highest BCUT2D eigenvalue weighted by molar-refractivity contribution is 5.25. The van der Waals surface area contributed by atoms with Crippen molar-refractivity contribution in [2.75, 3.05) is 20.2 Å². The predicted octanol–water partition coefficient (Wildman–Crippen LogP) is 0.427. The molecule has 0 atom stereocenters. The number of fused-ring (bicyclic) bond motifs is 1. The van der Waals surface area contributed by atoms with E-state index in [1.807, 2.05) is 17.9 Å². The van der Waals surface area contributed by atoms with Gasteiger partial charge < -0.3 is 10.1 Å². The minimum atomic E-state index is 0.832. The first-order valence-electron chi connectivity index (χ1n) is 4.74. The maximum Gasteiger partial charge on any atom is 0.215 e. The summed E-state index contributed by atoms with van der Waals surface area (Å²) >= 11 is 0. The summed E-state index contributed by atoms with van der Waals surface area (Å²) in [5.74, 6) is 0.974. The van der Waals surface area contributed by atoms with E-state index in [0.717, 1.165) is 38.4 Å². The van der Waals surface area contributed by atoms with Crippen LogP contribution in [0.25, 0.3) is 0 Å². The highest BCUT2D eigenvalue weighted by atomic mass is 16.5. The van der Waals surface area contributed by atoms with Crippen LogP contribution < -0.4 is 10.1 Å². The van der Waals surface area contributed by atoms with Gasteiger partial charge in [-0.1, -0.05) is 0 Å². The van der Waals surface area contributed by atoms with Crippen LogP contribution in [0.5, 0.6) is 5.88 Å². The number of nitrogens with zero attached hydrogens (tertiary/aromatic N) is 2. The molecule has 0 fully saturated rings. The molecule has 1 aromatic heterocycles. The van der Waals surface area contributed by atoms with Crippen molar-refractivity contribution in [1.29, 1.82) is 0 Å². The van der Waals surface area contributed by atoms with Gasteiger partial charge in [0.15, 0.2) is 0 Å². The van der Waals surface area contributed by atoms with Gasteiger partial charge in [0.2, 0.25) is 5.88 Å². The summed E-state index contributed by atoms with van der Waals surface area (Å²) in [6.07, 6.45) is 3.98. The molecule has 1 aromatic rings. The minimum Gasteiger partial charge on any atom is -0.478 e. The number of rotatable bonds is 3. The fourth-order valence-corrected chi connectivity index (χ4v) is 1.55. The Balaban J connectivity index is 2.12. The molecule has 2 rings (SSSR count). The fraction of sp³-hybridized carbons (Fsp3) is 0.667. The van der Waals surface area contributed by atoms with Gasteiger partial charge in [-0.15, -0.1) is 0 Å². The van der Waals surface area contributed by atoms with Crippen molar-refractivity contribution in [3.8, 4) is 5.88 Å². The first-order valence-corrected chi connectivity index (χ1v) is 4.74. The Morgan fingerprint density at radius 1 is 1.69 bits per heavy atom. The van der Waals surface area contributed by atoms with Gasteiger partial charge in [0.05, 0.1) is 12.8 Å². The van der Waals surface area contributed by atoms with Gasteiger partial charge in [-0.05, 0) is 20.0 Å². The Morgan fingerprint density at radius 2 is 2.62 bits per heavy atom. The van der Waals surface area contributed by atoms with Gasteiger partial charge in [0.25, 0.3) is 0 Å². The van der Waals surface area contributed by atoms with Gasteiger partial charge >= 0.3 is 0 Å². The molecule has 1 aliphatic rings. The molecule has 4 nitrogen and oxygen atoms in total. The molecule has 13 heavy (non-hydrogen) atoms. The molecule has 0 aromatic carbocycles. The SMILES string of the molecule is CNCCc1cnn2c1OCCC2. The van der Waals surface area contributed by atoms with E-state index in [1.54, 1.807) is 0 Å². The second-order valence-electron chi connectivity index (χ2n) is 3.25. The molecule has 1 aliphatic heterocycles. The average Bonchev–Trinajstić information content (AvgIpc) is 2.58. The van der Waals surface area contributed by atoms with Crippen LogP contribution in [0.2, 0.25) is 0 Å². The third kappa shape index (κ3) is 1.67. The first kappa shape index (κ1) is 8.56. The number of nitrogens with one attached hydrogen (secondary N) is 1. The van der Waals surface area contributed by atoms with E-state index in [-0.39, 0.29) is 0 Å². The summed E-state index contributed by atoms with van der Waals surface area (Å²) in [7, 11) is 1.96. The zero-order valence-corrected chi connectivity index (χ0v) is 7.92. The van der Waals surface area contributed by atoms with Crippen LogP contribution in [0.15, 0.2) is 6.20 Å². The summed E-state index contributed by atoms with van der Waals surface area (Å²) < 4.78 is 7.52. The summed E-state index contributed by atoms with van der Waals surface area (Å²) in [6, 6.07) is 0. The second kappa shape index (κ2) is 3.79. The van der Waals surface area contributed by atoms with E-state index >= 15 is 0 Å². The number of likely N-dealkylation sites (N-methyl/N-ethyl adjacent to an activating group) is 1. The molecule has 0 spiro atoms. The summed E-state index contributed by atoms with van der Waals surface area (Å²) in [5, 5.41) is 7.39. The molecule has 0 radical (unpaired) electrons. The number of aryl methyl sites for hydroxylation is 1. The van der Waals surface area contributed by atoms with Crippen molar-refractivity contribution in [3.63, 3.8) is 0 Å². The Hall–Kier alpha value is -1.03. The van der Waals surface area contributed by atoms with Gasteiger partial charge in [0, 0.05) is 18.5 Å². The second-order valence-corrected chi connectivity index (χ2v) is 3.25. The van der Waals surface area contributed by atoms with E-state index in [2.05, 4.69) is 10.4 Å². The molecule has 0 bridgehead atoms. The van der Waals surface area contributed by atoms with Crippen molar-refractivity contribution >= 4 is 0 Å². The summed E-state index contributed by atoms with van der Waals surface area (Å²) in [4.78, 5) is 0. The largest absolute Gasteiger partial charge is 0.478 e. The number of ether oxygens (including phenoxy) is 1. The molecular weight excluding hydrogens is 166 g/mol. The van der Waals surface area contributed by atoms with Gasteiger partial charge in [-0.25, -0.2) is 4.68 Å². The van der Waals surface area contributed by atoms with E-state index in [4.69, 9.17) is 4.74 Å². The van der Waals surface area contributed by atoms with Gasteiger partial charge in [0.1, 0.15) is 0 Å². The van der Waals surface area contributed by atoms with E-state index in [0.29, 0.717) is 0 Å². The summed E-state index contributed by atoms with van der Waals surface area (Å²) in [5.41, 5.74) is 1.22. The Kier molecular flexibility index (Phi) is 2.49. The van der Waals surface area contributed by atoms with Gasteiger partial charge in [-0.2, -0.15) is 5.10 Å². The van der Waals surface area contributed by atoms with Crippen LogP contribution >= 0.6 is 0 Å². The third-order valence-corrected chi connectivity index (χ3v) is 2.26. The standard InChI is InChI=1S/C9H15N3O/c1-10-4-3-8-7-11-12-5-2-6-13-9(8)12/h7,10H,2-6H2,1H3. The molecule has 2 heterocycles. The van der Waals surface area contributed by atoms with Crippen molar-refractivity contribution in [2.24, 2.45) is 0 Å². The normalized spacial score (nSPS) is 15.2. The summed E-state index contributed by atoms with van der Waals surface area (Å²) in [6.45, 7) is 2.80. The minimum absolute atomic E-state index is 0.832. The van der Waals surface area contributed by atoms with Crippen LogP contribution in [-0.2, 0) is 13.0 Å². The smallest absolute Gasteiger partial charge is 0.215 e. The van der Waals surface area contributed by atoms with Crippen LogP contribution in [0.3, 0.4) is 0 Å².